The van der Waals surface area contributed by atoms with Crippen LogP contribution in [0.3, 0.4) is 0 Å². The van der Waals surface area contributed by atoms with E-state index in [0.29, 0.717) is 12.5 Å². The zero-order valence-corrected chi connectivity index (χ0v) is 10.3. The average Bonchev–Trinajstić information content (AvgIpc) is 2.62. The first-order valence-electron chi connectivity index (χ1n) is 6.35. The van der Waals surface area contributed by atoms with Crippen LogP contribution in [-0.2, 0) is 6.54 Å². The minimum Gasteiger partial charge on any atom is -0.391 e. The van der Waals surface area contributed by atoms with Crippen LogP contribution in [0.15, 0.2) is 6.33 Å². The van der Waals surface area contributed by atoms with Crippen molar-refractivity contribution >= 4 is 0 Å². The van der Waals surface area contributed by atoms with Gasteiger partial charge in [0.1, 0.15) is 0 Å². The van der Waals surface area contributed by atoms with Gasteiger partial charge in [0.25, 0.3) is 0 Å². The van der Waals surface area contributed by atoms with Crippen LogP contribution in [0.25, 0.3) is 0 Å². The lowest BCUT2D eigenvalue weighted by molar-refractivity contribution is 0.0691. The molecule has 1 unspecified atom stereocenters. The first-order valence-corrected chi connectivity index (χ1v) is 6.35. The van der Waals surface area contributed by atoms with Crippen LogP contribution in [0.4, 0.5) is 0 Å². The number of nitrogens with zero attached hydrogens (tertiary/aromatic N) is 2. The van der Waals surface area contributed by atoms with E-state index < -0.39 is 0 Å². The van der Waals surface area contributed by atoms with E-state index >= 15 is 0 Å². The van der Waals surface area contributed by atoms with Crippen LogP contribution in [0.2, 0.25) is 0 Å². The number of imidazole rings is 1. The molecule has 0 bridgehead atoms. The van der Waals surface area contributed by atoms with E-state index in [-0.39, 0.29) is 6.10 Å². The number of aryl methyl sites for hydroxylation is 1. The second kappa shape index (κ2) is 5.00. The van der Waals surface area contributed by atoms with Crippen molar-refractivity contribution in [2.24, 2.45) is 5.92 Å². The highest BCUT2D eigenvalue weighted by atomic mass is 16.3. The third-order valence-corrected chi connectivity index (χ3v) is 3.92. The lowest BCUT2D eigenvalue weighted by atomic mass is 9.85. The van der Waals surface area contributed by atoms with E-state index in [0.717, 1.165) is 5.69 Å². The van der Waals surface area contributed by atoms with Gasteiger partial charge in [-0.15, -0.1) is 0 Å². The Kier molecular flexibility index (Phi) is 3.64. The highest BCUT2D eigenvalue weighted by Crippen LogP contribution is 2.27. The van der Waals surface area contributed by atoms with Gasteiger partial charge in [0.2, 0.25) is 0 Å². The molecule has 0 saturated heterocycles. The molecule has 1 aromatic heterocycles. The van der Waals surface area contributed by atoms with Gasteiger partial charge in [0.15, 0.2) is 0 Å². The predicted molar refractivity (Wildman–Crippen MR) is 64.3 cm³/mol. The van der Waals surface area contributed by atoms with Crippen LogP contribution >= 0.6 is 0 Å². The molecule has 1 atom stereocenters. The summed E-state index contributed by atoms with van der Waals surface area (Å²) in [5.74, 6) is 0.496. The molecule has 1 aliphatic carbocycles. The van der Waals surface area contributed by atoms with Crippen molar-refractivity contribution in [1.82, 2.24) is 9.55 Å². The molecule has 1 aliphatic rings. The van der Waals surface area contributed by atoms with Crippen molar-refractivity contribution in [2.45, 2.75) is 58.6 Å². The summed E-state index contributed by atoms with van der Waals surface area (Å²) < 4.78 is 2.08. The third kappa shape index (κ3) is 2.46. The van der Waals surface area contributed by atoms with E-state index in [2.05, 4.69) is 16.5 Å². The van der Waals surface area contributed by atoms with Crippen LogP contribution < -0.4 is 0 Å². The van der Waals surface area contributed by atoms with Gasteiger partial charge in [-0.2, -0.15) is 0 Å². The van der Waals surface area contributed by atoms with Crippen molar-refractivity contribution in [1.29, 1.82) is 0 Å². The van der Waals surface area contributed by atoms with E-state index in [1.54, 1.807) is 0 Å². The molecule has 0 amide bonds. The van der Waals surface area contributed by atoms with E-state index in [4.69, 9.17) is 0 Å². The predicted octanol–water partition coefficient (Wildman–Crippen LogP) is 2.44. The summed E-state index contributed by atoms with van der Waals surface area (Å²) in [5, 5.41) is 10.2. The lowest BCUT2D eigenvalue weighted by Gasteiger charge is -2.27. The third-order valence-electron chi connectivity index (χ3n) is 3.92. The number of hydrogen-bond acceptors (Lipinski definition) is 2. The molecule has 0 aromatic carbocycles. The molecule has 1 N–H and O–H groups in total. The first-order chi connectivity index (χ1) is 7.68. The molecule has 0 aliphatic heterocycles. The maximum absolute atomic E-state index is 10.2. The molecule has 0 spiro atoms. The summed E-state index contributed by atoms with van der Waals surface area (Å²) in [4.78, 5) is 4.27. The molecule has 90 valence electrons. The number of rotatable bonds is 3. The fraction of sp³-hybridized carbons (Fsp3) is 0.769. The standard InChI is InChI=1S/C13H22N2O/c1-10-11(2)15(9-14-10)8-13(16)12-6-4-3-5-7-12/h9,12-13,16H,3-8H2,1-2H3. The minimum atomic E-state index is -0.201. The average molecular weight is 222 g/mol. The zero-order chi connectivity index (χ0) is 11.5. The Bertz CT molecular complexity index is 340. The number of aliphatic hydroxyl groups is 1. The number of aromatic nitrogens is 2. The summed E-state index contributed by atoms with van der Waals surface area (Å²) in [6, 6.07) is 0. The summed E-state index contributed by atoms with van der Waals surface area (Å²) >= 11 is 0. The topological polar surface area (TPSA) is 38.0 Å². The Morgan fingerprint density at radius 2 is 2.06 bits per heavy atom. The van der Waals surface area contributed by atoms with Crippen LogP contribution in [0.1, 0.15) is 43.5 Å². The van der Waals surface area contributed by atoms with Crippen LogP contribution in [0.5, 0.6) is 0 Å². The highest BCUT2D eigenvalue weighted by molar-refractivity contribution is 5.08. The zero-order valence-electron chi connectivity index (χ0n) is 10.3. The largest absolute Gasteiger partial charge is 0.391 e. The Morgan fingerprint density at radius 3 is 2.62 bits per heavy atom. The van der Waals surface area contributed by atoms with Crippen molar-refractivity contribution in [3.8, 4) is 0 Å². The fourth-order valence-corrected chi connectivity index (χ4v) is 2.60. The smallest absolute Gasteiger partial charge is 0.0952 e. The Morgan fingerprint density at radius 1 is 1.38 bits per heavy atom. The Labute approximate surface area is 97.5 Å². The number of hydrogen-bond donors (Lipinski definition) is 1. The van der Waals surface area contributed by atoms with Crippen molar-refractivity contribution in [3.63, 3.8) is 0 Å². The minimum absolute atomic E-state index is 0.201. The van der Waals surface area contributed by atoms with E-state index in [9.17, 15) is 5.11 Å². The van der Waals surface area contributed by atoms with Gasteiger partial charge in [0, 0.05) is 5.69 Å². The van der Waals surface area contributed by atoms with Gasteiger partial charge in [-0.25, -0.2) is 4.98 Å². The molecular weight excluding hydrogens is 200 g/mol. The molecule has 1 saturated carbocycles. The van der Waals surface area contributed by atoms with Gasteiger partial charge < -0.3 is 9.67 Å². The monoisotopic (exact) mass is 222 g/mol. The first kappa shape index (κ1) is 11.6. The second-order valence-electron chi connectivity index (χ2n) is 5.03. The van der Waals surface area contributed by atoms with E-state index in [1.807, 2.05) is 13.3 Å². The summed E-state index contributed by atoms with van der Waals surface area (Å²) in [6.45, 7) is 4.78. The van der Waals surface area contributed by atoms with Crippen molar-refractivity contribution in [3.05, 3.63) is 17.7 Å². The molecule has 1 fully saturated rings. The summed E-state index contributed by atoms with van der Waals surface area (Å²) in [6.07, 6.45) is 7.92. The van der Waals surface area contributed by atoms with Crippen molar-refractivity contribution < 1.29 is 5.11 Å². The normalized spacial score (nSPS) is 19.9. The summed E-state index contributed by atoms with van der Waals surface area (Å²) in [7, 11) is 0. The SMILES string of the molecule is Cc1ncn(CC(O)C2CCCCC2)c1C. The Hall–Kier alpha value is -0.830. The molecule has 1 heterocycles. The quantitative estimate of drug-likeness (QED) is 0.853. The van der Waals surface area contributed by atoms with Crippen molar-refractivity contribution in [2.75, 3.05) is 0 Å². The molecule has 0 radical (unpaired) electrons. The summed E-state index contributed by atoms with van der Waals surface area (Å²) in [5.41, 5.74) is 2.24. The highest BCUT2D eigenvalue weighted by Gasteiger charge is 2.22. The molecule has 2 rings (SSSR count). The number of aliphatic hydroxyl groups excluding tert-OH is 1. The molecule has 3 heteroatoms. The lowest BCUT2D eigenvalue weighted by Crippen LogP contribution is -2.27. The van der Waals surface area contributed by atoms with Gasteiger partial charge in [0.05, 0.1) is 24.7 Å². The van der Waals surface area contributed by atoms with Crippen LogP contribution in [0, 0.1) is 19.8 Å². The Balaban J connectivity index is 1.95. The molecule has 3 nitrogen and oxygen atoms in total. The maximum Gasteiger partial charge on any atom is 0.0952 e. The van der Waals surface area contributed by atoms with Gasteiger partial charge in [-0.05, 0) is 32.6 Å². The molecule has 16 heavy (non-hydrogen) atoms. The molecular formula is C13H22N2O. The fourth-order valence-electron chi connectivity index (χ4n) is 2.60. The van der Waals surface area contributed by atoms with Gasteiger partial charge in [-0.1, -0.05) is 19.3 Å². The molecule has 1 aromatic rings. The van der Waals surface area contributed by atoms with Crippen LogP contribution in [-0.4, -0.2) is 20.8 Å². The van der Waals surface area contributed by atoms with Gasteiger partial charge in [-0.3, -0.25) is 0 Å². The maximum atomic E-state index is 10.2. The van der Waals surface area contributed by atoms with E-state index in [1.165, 1.54) is 37.8 Å². The van der Waals surface area contributed by atoms with Gasteiger partial charge >= 0.3 is 0 Å². The second-order valence-corrected chi connectivity index (χ2v) is 5.03.